The molecule has 0 aliphatic carbocycles. The van der Waals surface area contributed by atoms with Crippen LogP contribution in [-0.2, 0) is 48.3 Å². The van der Waals surface area contributed by atoms with Crippen molar-refractivity contribution in [3.63, 3.8) is 0 Å². The predicted molar refractivity (Wildman–Crippen MR) is 275 cm³/mol. The molecule has 3 fully saturated rings. The summed E-state index contributed by atoms with van der Waals surface area (Å²) in [6.45, 7) is 49.4. The molecule has 3 aliphatic heterocycles. The van der Waals surface area contributed by atoms with Gasteiger partial charge in [-0.05, 0) is 113 Å². The Hall–Kier alpha value is -1.52. The Morgan fingerprint density at radius 1 is 0.818 bits per heavy atom. The van der Waals surface area contributed by atoms with Crippen LogP contribution in [0.2, 0.25) is 54.4 Å². The van der Waals surface area contributed by atoms with E-state index in [0.717, 1.165) is 5.56 Å². The summed E-state index contributed by atoms with van der Waals surface area (Å²) in [7, 11) is -6.77. The average molecular weight is 973 g/mol. The molecule has 0 saturated carbocycles. The minimum Gasteiger partial charge on any atom is -0.414 e. The third kappa shape index (κ3) is 15.0. The Labute approximate surface area is 405 Å². The van der Waals surface area contributed by atoms with E-state index in [1.165, 1.54) is 0 Å². The fourth-order valence-electron chi connectivity index (χ4n) is 8.94. The topological polar surface area (TPSA) is 107 Å². The molecule has 0 bridgehead atoms. The van der Waals surface area contributed by atoms with Crippen molar-refractivity contribution in [2.45, 2.75) is 256 Å². The summed E-state index contributed by atoms with van der Waals surface area (Å²) in [5.74, 6) is -2.03. The Morgan fingerprint density at radius 3 is 1.98 bits per heavy atom. The third-order valence-electron chi connectivity index (χ3n) is 15.6. The molecular weight excluding hydrogens is 879 g/mol. The molecule has 10 atom stereocenters. The molecule has 1 aromatic rings. The van der Waals surface area contributed by atoms with Crippen LogP contribution in [0, 0.1) is 17.2 Å². The first-order chi connectivity index (χ1) is 30.2. The SMILES string of the molecule is C=CC[C@@H]1O[C@@]2(C[C@H](O[Si](C)(C)C(C)(C)C)[C@H]1C=C)C[C@H]([C@@H](CC[C@]1(C#N)C[C@H](C[C@H](CCOCc3ccccc3)O[Si](C)(C)C(C)(C)C)OC(C)(C)O1)O[Si](C)(C)C(C)(C)C)OC(C)O2. The van der Waals surface area contributed by atoms with Crippen molar-refractivity contribution < 1.29 is 41.7 Å². The van der Waals surface area contributed by atoms with E-state index >= 15 is 0 Å². The number of hydrogen-bond donors (Lipinski definition) is 0. The van der Waals surface area contributed by atoms with Gasteiger partial charge < -0.3 is 41.7 Å². The highest BCUT2D eigenvalue weighted by Gasteiger charge is 2.56. The quantitative estimate of drug-likeness (QED) is 0.0712. The smallest absolute Gasteiger partial charge is 0.192 e. The second-order valence-electron chi connectivity index (χ2n) is 24.7. The van der Waals surface area contributed by atoms with Crippen LogP contribution in [0.4, 0.5) is 0 Å². The van der Waals surface area contributed by atoms with Gasteiger partial charge in [0.25, 0.3) is 0 Å². The highest BCUT2D eigenvalue weighted by atomic mass is 28.4. The molecule has 0 radical (unpaired) electrons. The van der Waals surface area contributed by atoms with Gasteiger partial charge >= 0.3 is 0 Å². The minimum atomic E-state index is -2.39. The summed E-state index contributed by atoms with van der Waals surface area (Å²) < 4.78 is 62.1. The van der Waals surface area contributed by atoms with Gasteiger partial charge in [-0.2, -0.15) is 5.26 Å². The Bertz CT molecular complexity index is 1760. The summed E-state index contributed by atoms with van der Waals surface area (Å²) in [5, 5.41) is 11.2. The van der Waals surface area contributed by atoms with Gasteiger partial charge in [0.1, 0.15) is 0 Å². The van der Waals surface area contributed by atoms with E-state index in [4.69, 9.17) is 41.7 Å². The lowest BCUT2D eigenvalue weighted by atomic mass is 9.82. The van der Waals surface area contributed by atoms with Crippen LogP contribution in [0.1, 0.15) is 140 Å². The zero-order valence-electron chi connectivity index (χ0n) is 44.8. The fraction of sp³-hybridized carbons (Fsp3) is 0.792. The third-order valence-corrected chi connectivity index (χ3v) is 29.1. The largest absolute Gasteiger partial charge is 0.414 e. The summed E-state index contributed by atoms with van der Waals surface area (Å²) in [6, 6.07) is 12.9. The van der Waals surface area contributed by atoms with Crippen LogP contribution in [0.3, 0.4) is 0 Å². The van der Waals surface area contributed by atoms with Gasteiger partial charge in [0.05, 0.1) is 43.2 Å². The van der Waals surface area contributed by atoms with E-state index in [-0.39, 0.29) is 51.6 Å². The number of benzene rings is 1. The molecule has 0 N–H and O–H groups in total. The van der Waals surface area contributed by atoms with Crippen LogP contribution in [0.15, 0.2) is 55.6 Å². The lowest BCUT2D eigenvalue weighted by molar-refractivity contribution is -0.397. The van der Waals surface area contributed by atoms with Crippen molar-refractivity contribution in [2.24, 2.45) is 5.92 Å². The van der Waals surface area contributed by atoms with Gasteiger partial charge in [-0.25, -0.2) is 0 Å². The van der Waals surface area contributed by atoms with E-state index < -0.39 is 54.5 Å². The monoisotopic (exact) mass is 972 g/mol. The molecule has 4 rings (SSSR count). The molecule has 1 spiro atoms. The maximum Gasteiger partial charge on any atom is 0.192 e. The summed E-state index contributed by atoms with van der Waals surface area (Å²) in [4.78, 5) is 0. The minimum absolute atomic E-state index is 0.0126. The molecule has 0 amide bonds. The second-order valence-corrected chi connectivity index (χ2v) is 38.9. The van der Waals surface area contributed by atoms with E-state index in [1.54, 1.807) is 0 Å². The van der Waals surface area contributed by atoms with E-state index in [1.807, 2.05) is 51.1 Å². The molecule has 0 aromatic heterocycles. The van der Waals surface area contributed by atoms with Gasteiger partial charge in [-0.15, -0.1) is 13.2 Å². The highest BCUT2D eigenvalue weighted by Crippen LogP contribution is 2.49. The lowest BCUT2D eigenvalue weighted by Gasteiger charge is -2.54. The first kappa shape index (κ1) is 57.1. The molecule has 3 saturated heterocycles. The zero-order chi connectivity index (χ0) is 49.8. The van der Waals surface area contributed by atoms with Crippen molar-refractivity contribution in [1.82, 2.24) is 0 Å². The summed E-state index contributed by atoms with van der Waals surface area (Å²) >= 11 is 0. The van der Waals surface area contributed by atoms with Crippen LogP contribution < -0.4 is 0 Å². The van der Waals surface area contributed by atoms with Gasteiger partial charge in [0, 0.05) is 37.9 Å². The normalized spacial score (nSPS) is 30.1. The molecule has 1 unspecified atom stereocenters. The Kier molecular flexibility index (Phi) is 18.9. The van der Waals surface area contributed by atoms with Crippen molar-refractivity contribution in [2.75, 3.05) is 6.61 Å². The zero-order valence-corrected chi connectivity index (χ0v) is 47.8. The molecule has 1 aromatic carbocycles. The highest BCUT2D eigenvalue weighted by molar-refractivity contribution is 6.75. The maximum atomic E-state index is 11.2. The van der Waals surface area contributed by atoms with Gasteiger partial charge in [0.2, 0.25) is 0 Å². The van der Waals surface area contributed by atoms with Crippen LogP contribution in [0.5, 0.6) is 0 Å². The number of nitrogens with zero attached hydrogens (tertiary/aromatic N) is 1. The lowest BCUT2D eigenvalue weighted by Crippen LogP contribution is -2.62. The fourth-order valence-corrected chi connectivity index (χ4v) is 13.1. The molecular formula is C53H93NO9Si3. The van der Waals surface area contributed by atoms with Crippen molar-refractivity contribution in [1.29, 1.82) is 5.26 Å². The van der Waals surface area contributed by atoms with E-state index in [0.29, 0.717) is 64.6 Å². The Balaban J connectivity index is 1.65. The number of nitriles is 1. The summed E-state index contributed by atoms with van der Waals surface area (Å²) in [6.07, 6.45) is 6.09. The van der Waals surface area contributed by atoms with Crippen LogP contribution in [-0.4, -0.2) is 91.6 Å². The van der Waals surface area contributed by atoms with Crippen LogP contribution >= 0.6 is 0 Å². The molecule has 13 heteroatoms. The first-order valence-corrected chi connectivity index (χ1v) is 33.6. The van der Waals surface area contributed by atoms with Crippen molar-refractivity contribution in [3.8, 4) is 6.07 Å². The standard InChI is InChI=1S/C53H93NO9Si3/c1-21-26-44-43(22-2)46(62-66(19,20)50(10,11)12)35-53(59-44)36-47(56-39(3)57-53)45(61-65(17,18)49(7,8)9)29-31-52(38-54)34-42(58-51(13,14)63-52)33-41(60-64(15,16)48(4,5)6)30-32-55-37-40-27-24-23-25-28-40/h21-25,27-28,39,41-47H,1-2,26,29-37H2,3-20H3/t39?,41-,42-,43-,44-,45+,46-,47+,52+,53-/m0/s1. The molecule has 10 nitrogen and oxygen atoms in total. The predicted octanol–water partition coefficient (Wildman–Crippen LogP) is 13.8. The van der Waals surface area contributed by atoms with Crippen LogP contribution in [0.25, 0.3) is 0 Å². The Morgan fingerprint density at radius 2 is 1.42 bits per heavy atom. The van der Waals surface area contributed by atoms with Gasteiger partial charge in [-0.3, -0.25) is 0 Å². The molecule has 376 valence electrons. The number of ether oxygens (including phenoxy) is 6. The molecule has 3 heterocycles. The summed E-state index contributed by atoms with van der Waals surface area (Å²) in [5.41, 5.74) is 0.000333. The van der Waals surface area contributed by atoms with E-state index in [9.17, 15) is 5.26 Å². The van der Waals surface area contributed by atoms with Crippen molar-refractivity contribution in [3.05, 3.63) is 61.2 Å². The second kappa shape index (κ2) is 21.9. The number of rotatable bonds is 20. The number of hydrogen-bond acceptors (Lipinski definition) is 10. The van der Waals surface area contributed by atoms with Crippen molar-refractivity contribution >= 4 is 25.0 Å². The average Bonchev–Trinajstić information content (AvgIpc) is 3.16. The first-order valence-electron chi connectivity index (χ1n) is 24.9. The maximum absolute atomic E-state index is 11.2. The van der Waals surface area contributed by atoms with Gasteiger partial charge in [-0.1, -0.05) is 105 Å². The molecule has 3 aliphatic rings. The van der Waals surface area contributed by atoms with Gasteiger partial charge in [0.15, 0.2) is 48.4 Å². The van der Waals surface area contributed by atoms with E-state index in [2.05, 4.69) is 133 Å². The molecule has 66 heavy (non-hydrogen) atoms.